The minimum atomic E-state index is -0.301. The van der Waals surface area contributed by atoms with Crippen LogP contribution >= 0.6 is 11.3 Å². The fourth-order valence-corrected chi connectivity index (χ4v) is 2.60. The summed E-state index contributed by atoms with van der Waals surface area (Å²) in [6, 6.07) is 3.28. The van der Waals surface area contributed by atoms with E-state index in [9.17, 15) is 10.1 Å². The van der Waals surface area contributed by atoms with Gasteiger partial charge in [-0.15, -0.1) is 11.3 Å². The maximum atomic E-state index is 10.9. The van der Waals surface area contributed by atoms with E-state index in [0.29, 0.717) is 0 Å². The van der Waals surface area contributed by atoms with Crippen LogP contribution in [0, 0.1) is 10.1 Å². The van der Waals surface area contributed by atoms with Gasteiger partial charge < -0.3 is 0 Å². The summed E-state index contributed by atoms with van der Waals surface area (Å²) in [5.41, 5.74) is 3.67. The van der Waals surface area contributed by atoms with Crippen molar-refractivity contribution in [1.29, 1.82) is 0 Å². The molecule has 16 heavy (non-hydrogen) atoms. The lowest BCUT2D eigenvalue weighted by molar-refractivity contribution is -0.385. The van der Waals surface area contributed by atoms with Gasteiger partial charge in [0.15, 0.2) is 0 Å². The van der Waals surface area contributed by atoms with Crippen molar-refractivity contribution in [3.63, 3.8) is 0 Å². The average molecular weight is 236 g/mol. The predicted octanol–water partition coefficient (Wildman–Crippen LogP) is 3.55. The second kappa shape index (κ2) is 4.57. The Balaban J connectivity index is 2.56. The second-order valence-electron chi connectivity index (χ2n) is 3.62. The molecule has 0 unspecified atom stereocenters. The van der Waals surface area contributed by atoms with Crippen LogP contribution in [-0.4, -0.2) is 9.91 Å². The molecule has 0 saturated carbocycles. The number of nitro benzene ring substituents is 1. The third kappa shape index (κ3) is 1.90. The van der Waals surface area contributed by atoms with Crippen molar-refractivity contribution >= 4 is 27.2 Å². The van der Waals surface area contributed by atoms with Crippen molar-refractivity contribution < 1.29 is 4.92 Å². The highest BCUT2D eigenvalue weighted by Gasteiger charge is 2.17. The molecule has 0 saturated heterocycles. The van der Waals surface area contributed by atoms with Gasteiger partial charge in [-0.05, 0) is 18.9 Å². The van der Waals surface area contributed by atoms with Gasteiger partial charge in [-0.25, -0.2) is 4.98 Å². The maximum absolute atomic E-state index is 10.9. The molecule has 0 radical (unpaired) electrons. The molecule has 0 aliphatic carbocycles. The molecule has 2 rings (SSSR count). The third-order valence-corrected chi connectivity index (χ3v) is 3.46. The first-order valence-electron chi connectivity index (χ1n) is 5.23. The number of nitro groups is 1. The van der Waals surface area contributed by atoms with Gasteiger partial charge in [0.25, 0.3) is 5.69 Å². The lowest BCUT2D eigenvalue weighted by Crippen LogP contribution is -1.95. The van der Waals surface area contributed by atoms with Crippen LogP contribution in [0.5, 0.6) is 0 Å². The molecule has 0 atom stereocenters. The van der Waals surface area contributed by atoms with E-state index in [4.69, 9.17) is 0 Å². The Labute approximate surface area is 97.1 Å². The number of hydrogen-bond donors (Lipinski definition) is 0. The first kappa shape index (κ1) is 11.0. The highest BCUT2D eigenvalue weighted by atomic mass is 32.1. The molecule has 84 valence electrons. The molecule has 0 N–H and O–H groups in total. The lowest BCUT2D eigenvalue weighted by Gasteiger charge is -2.02. The van der Waals surface area contributed by atoms with Gasteiger partial charge in [0.1, 0.15) is 0 Å². The monoisotopic (exact) mass is 236 g/mol. The molecule has 0 fully saturated rings. The number of nitrogens with zero attached hydrogens (tertiary/aromatic N) is 2. The van der Waals surface area contributed by atoms with Crippen LogP contribution in [0.1, 0.15) is 25.3 Å². The van der Waals surface area contributed by atoms with E-state index in [-0.39, 0.29) is 10.6 Å². The number of benzene rings is 1. The third-order valence-electron chi connectivity index (χ3n) is 2.55. The van der Waals surface area contributed by atoms with Crippen LogP contribution < -0.4 is 0 Å². The normalized spacial score (nSPS) is 10.8. The van der Waals surface area contributed by atoms with Gasteiger partial charge in [0.2, 0.25) is 0 Å². The average Bonchev–Trinajstić information content (AvgIpc) is 2.73. The smallest absolute Gasteiger partial charge is 0.258 e. The SMILES string of the molecule is CCCCc1c([N+](=O)[O-])ccc2ncsc12. The van der Waals surface area contributed by atoms with E-state index in [1.807, 2.05) is 0 Å². The van der Waals surface area contributed by atoms with E-state index in [1.165, 1.54) is 11.3 Å². The van der Waals surface area contributed by atoms with Crippen LogP contribution in [0.2, 0.25) is 0 Å². The zero-order valence-corrected chi connectivity index (χ0v) is 9.79. The zero-order valence-electron chi connectivity index (χ0n) is 8.97. The minimum Gasteiger partial charge on any atom is -0.258 e. The predicted molar refractivity (Wildman–Crippen MR) is 64.9 cm³/mol. The molecule has 0 amide bonds. The molecule has 0 spiro atoms. The summed E-state index contributed by atoms with van der Waals surface area (Å²) in [5, 5.41) is 10.9. The Kier molecular flexibility index (Phi) is 3.14. The first-order valence-corrected chi connectivity index (χ1v) is 6.11. The molecule has 4 nitrogen and oxygen atoms in total. The van der Waals surface area contributed by atoms with E-state index < -0.39 is 0 Å². The summed E-state index contributed by atoms with van der Waals surface area (Å²) in [4.78, 5) is 14.8. The number of fused-ring (bicyclic) bond motifs is 1. The molecule has 1 heterocycles. The second-order valence-corrected chi connectivity index (χ2v) is 4.48. The molecule has 5 heteroatoms. The van der Waals surface area contributed by atoms with Crippen molar-refractivity contribution in [2.24, 2.45) is 0 Å². The van der Waals surface area contributed by atoms with Crippen molar-refractivity contribution in [3.8, 4) is 0 Å². The van der Waals surface area contributed by atoms with E-state index >= 15 is 0 Å². The number of aryl methyl sites for hydroxylation is 1. The van der Waals surface area contributed by atoms with Gasteiger partial charge in [-0.3, -0.25) is 10.1 Å². The molecule has 1 aromatic carbocycles. The largest absolute Gasteiger partial charge is 0.274 e. The van der Waals surface area contributed by atoms with Crippen LogP contribution in [0.3, 0.4) is 0 Å². The Morgan fingerprint density at radius 3 is 3.00 bits per heavy atom. The first-order chi connectivity index (χ1) is 7.74. The Bertz CT molecular complexity index is 522. The highest BCUT2D eigenvalue weighted by molar-refractivity contribution is 7.17. The number of rotatable bonds is 4. The van der Waals surface area contributed by atoms with Gasteiger partial charge in [0.05, 0.1) is 20.7 Å². The summed E-state index contributed by atoms with van der Waals surface area (Å²) in [6.07, 6.45) is 2.76. The number of unbranched alkanes of at least 4 members (excludes halogenated alkanes) is 1. The fraction of sp³-hybridized carbons (Fsp3) is 0.364. The summed E-state index contributed by atoms with van der Waals surface area (Å²) in [5.74, 6) is 0. The molecule has 0 aliphatic rings. The van der Waals surface area contributed by atoms with Crippen LogP contribution in [-0.2, 0) is 6.42 Å². The van der Waals surface area contributed by atoms with Crippen molar-refractivity contribution in [1.82, 2.24) is 4.98 Å². The number of aromatic nitrogens is 1. The standard InChI is InChI=1S/C11H12N2O2S/c1-2-3-4-8-10(13(14)15)6-5-9-11(8)16-7-12-9/h5-7H,2-4H2,1H3. The molecule has 1 aromatic heterocycles. The lowest BCUT2D eigenvalue weighted by atomic mass is 10.1. The zero-order chi connectivity index (χ0) is 11.5. The van der Waals surface area contributed by atoms with Crippen LogP contribution in [0.15, 0.2) is 17.6 Å². The molecule has 2 aromatic rings. The summed E-state index contributed by atoms with van der Waals surface area (Å²) in [7, 11) is 0. The maximum Gasteiger partial charge on any atom is 0.274 e. The Morgan fingerprint density at radius 1 is 1.50 bits per heavy atom. The summed E-state index contributed by atoms with van der Waals surface area (Å²) in [6.45, 7) is 2.08. The summed E-state index contributed by atoms with van der Waals surface area (Å²) >= 11 is 1.48. The van der Waals surface area contributed by atoms with Gasteiger partial charge >= 0.3 is 0 Å². The fourth-order valence-electron chi connectivity index (χ4n) is 1.74. The van der Waals surface area contributed by atoms with Crippen molar-refractivity contribution in [3.05, 3.63) is 33.3 Å². The Hall–Kier alpha value is -1.49. The minimum absolute atomic E-state index is 0.227. The molecular formula is C11H12N2O2S. The van der Waals surface area contributed by atoms with Gasteiger partial charge in [0, 0.05) is 11.6 Å². The number of hydrogen-bond acceptors (Lipinski definition) is 4. The van der Waals surface area contributed by atoms with E-state index in [1.54, 1.807) is 17.6 Å². The quantitative estimate of drug-likeness (QED) is 0.602. The van der Waals surface area contributed by atoms with E-state index in [2.05, 4.69) is 11.9 Å². The van der Waals surface area contributed by atoms with E-state index in [0.717, 1.165) is 35.0 Å². The number of thiazole rings is 1. The topological polar surface area (TPSA) is 56.0 Å². The Morgan fingerprint density at radius 2 is 2.31 bits per heavy atom. The van der Waals surface area contributed by atoms with Gasteiger partial charge in [-0.2, -0.15) is 0 Å². The van der Waals surface area contributed by atoms with Crippen molar-refractivity contribution in [2.75, 3.05) is 0 Å². The molecular weight excluding hydrogens is 224 g/mol. The van der Waals surface area contributed by atoms with Gasteiger partial charge in [-0.1, -0.05) is 13.3 Å². The highest BCUT2D eigenvalue weighted by Crippen LogP contribution is 2.31. The van der Waals surface area contributed by atoms with Crippen LogP contribution in [0.25, 0.3) is 10.2 Å². The van der Waals surface area contributed by atoms with Crippen molar-refractivity contribution in [2.45, 2.75) is 26.2 Å². The molecule has 0 aliphatic heterocycles. The van der Waals surface area contributed by atoms with Crippen LogP contribution in [0.4, 0.5) is 5.69 Å². The summed E-state index contributed by atoms with van der Waals surface area (Å²) < 4.78 is 0.961. The molecule has 0 bridgehead atoms.